The molecule has 0 saturated heterocycles. The molecule has 31 heavy (non-hydrogen) atoms. The number of amides is 1. The molecule has 4 rings (SSSR count). The van der Waals surface area contributed by atoms with Gasteiger partial charge in [-0.25, -0.2) is 9.78 Å². The fourth-order valence-corrected chi connectivity index (χ4v) is 3.47. The van der Waals surface area contributed by atoms with E-state index in [4.69, 9.17) is 4.74 Å². The maximum absolute atomic E-state index is 12.9. The molecular formula is C25H19BrN2O3. The summed E-state index contributed by atoms with van der Waals surface area (Å²) in [6.45, 7) is -0.353. The molecule has 0 aliphatic heterocycles. The second-order valence-electron chi connectivity index (χ2n) is 6.94. The van der Waals surface area contributed by atoms with E-state index in [0.29, 0.717) is 22.2 Å². The van der Waals surface area contributed by atoms with E-state index in [-0.39, 0.29) is 12.5 Å². The molecule has 0 fully saturated rings. The Morgan fingerprint density at radius 1 is 0.935 bits per heavy atom. The normalized spacial score (nSPS) is 10.6. The number of aromatic nitrogens is 1. The average Bonchev–Trinajstić information content (AvgIpc) is 2.82. The number of pyridine rings is 1. The van der Waals surface area contributed by atoms with Gasteiger partial charge in [0.2, 0.25) is 0 Å². The molecule has 1 aromatic heterocycles. The number of hydrogen-bond donors (Lipinski definition) is 0. The van der Waals surface area contributed by atoms with Crippen LogP contribution in [0.2, 0.25) is 0 Å². The molecule has 0 aliphatic rings. The predicted molar refractivity (Wildman–Crippen MR) is 125 cm³/mol. The zero-order valence-corrected chi connectivity index (χ0v) is 18.4. The SMILES string of the molecule is CN(C(=O)COC(=O)c1cc(-c2ccc(Br)cc2)nc2ccccc12)c1ccccc1. The average molecular weight is 475 g/mol. The maximum Gasteiger partial charge on any atom is 0.339 e. The lowest BCUT2D eigenvalue weighted by Crippen LogP contribution is -2.31. The number of esters is 1. The van der Waals surface area contributed by atoms with Crippen LogP contribution in [0.5, 0.6) is 0 Å². The van der Waals surface area contributed by atoms with Gasteiger partial charge >= 0.3 is 5.97 Å². The summed E-state index contributed by atoms with van der Waals surface area (Å²) in [5.74, 6) is -0.877. The summed E-state index contributed by atoms with van der Waals surface area (Å²) in [5.41, 5.74) is 3.32. The van der Waals surface area contributed by atoms with E-state index in [0.717, 1.165) is 15.7 Å². The van der Waals surface area contributed by atoms with Crippen molar-refractivity contribution in [3.05, 3.63) is 95.0 Å². The summed E-state index contributed by atoms with van der Waals surface area (Å²) in [5, 5.41) is 0.678. The van der Waals surface area contributed by atoms with E-state index in [9.17, 15) is 9.59 Å². The van der Waals surface area contributed by atoms with Crippen LogP contribution >= 0.6 is 15.9 Å². The third kappa shape index (κ3) is 4.64. The van der Waals surface area contributed by atoms with Crippen molar-refractivity contribution >= 4 is 44.4 Å². The van der Waals surface area contributed by atoms with Crippen molar-refractivity contribution in [3.63, 3.8) is 0 Å². The van der Waals surface area contributed by atoms with Crippen molar-refractivity contribution < 1.29 is 14.3 Å². The van der Waals surface area contributed by atoms with Crippen molar-refractivity contribution in [2.24, 2.45) is 0 Å². The summed E-state index contributed by atoms with van der Waals surface area (Å²) in [7, 11) is 1.65. The molecule has 0 radical (unpaired) electrons. The van der Waals surface area contributed by atoms with Crippen molar-refractivity contribution in [2.75, 3.05) is 18.6 Å². The highest BCUT2D eigenvalue weighted by molar-refractivity contribution is 9.10. The number of likely N-dealkylation sites (N-methyl/N-ethyl adjacent to an activating group) is 1. The van der Waals surface area contributed by atoms with Gasteiger partial charge in [-0.05, 0) is 36.4 Å². The molecule has 3 aromatic carbocycles. The quantitative estimate of drug-likeness (QED) is 0.359. The Hall–Kier alpha value is -3.51. The molecule has 6 heteroatoms. The Kier molecular flexibility index (Phi) is 6.09. The van der Waals surface area contributed by atoms with Gasteiger partial charge in [-0.3, -0.25) is 4.79 Å². The number of carbonyl (C=O) groups is 2. The van der Waals surface area contributed by atoms with Crippen molar-refractivity contribution in [3.8, 4) is 11.3 Å². The van der Waals surface area contributed by atoms with Crippen LogP contribution < -0.4 is 4.90 Å². The zero-order chi connectivity index (χ0) is 21.8. The highest BCUT2D eigenvalue weighted by atomic mass is 79.9. The molecule has 1 heterocycles. The molecule has 0 unspecified atom stereocenters. The summed E-state index contributed by atoms with van der Waals surface area (Å²) in [4.78, 5) is 31.6. The minimum Gasteiger partial charge on any atom is -0.452 e. The van der Waals surface area contributed by atoms with E-state index in [1.165, 1.54) is 4.90 Å². The lowest BCUT2D eigenvalue weighted by atomic mass is 10.0. The third-order valence-electron chi connectivity index (χ3n) is 4.92. The molecule has 0 spiro atoms. The number of carbonyl (C=O) groups excluding carboxylic acids is 2. The first-order valence-corrected chi connectivity index (χ1v) is 10.5. The molecule has 154 valence electrons. The van der Waals surface area contributed by atoms with Gasteiger partial charge < -0.3 is 9.64 Å². The second-order valence-corrected chi connectivity index (χ2v) is 7.86. The molecule has 0 atom stereocenters. The van der Waals surface area contributed by atoms with Crippen LogP contribution in [0, 0.1) is 0 Å². The van der Waals surface area contributed by atoms with E-state index in [1.54, 1.807) is 13.1 Å². The van der Waals surface area contributed by atoms with Crippen LogP contribution in [0.15, 0.2) is 89.4 Å². The lowest BCUT2D eigenvalue weighted by molar-refractivity contribution is -0.121. The molecular weight excluding hydrogens is 456 g/mol. The molecule has 0 aliphatic carbocycles. The van der Waals surface area contributed by atoms with Crippen LogP contribution in [0.1, 0.15) is 10.4 Å². The van der Waals surface area contributed by atoms with Crippen molar-refractivity contribution in [2.45, 2.75) is 0 Å². The third-order valence-corrected chi connectivity index (χ3v) is 5.45. The first-order valence-electron chi connectivity index (χ1n) is 9.67. The Morgan fingerprint density at radius 2 is 1.61 bits per heavy atom. The molecule has 0 N–H and O–H groups in total. The van der Waals surface area contributed by atoms with Crippen molar-refractivity contribution in [1.29, 1.82) is 0 Å². The van der Waals surface area contributed by atoms with E-state index < -0.39 is 5.97 Å². The number of ether oxygens (including phenoxy) is 1. The smallest absolute Gasteiger partial charge is 0.339 e. The molecule has 0 bridgehead atoms. The van der Waals surface area contributed by atoms with Gasteiger partial charge in [-0.1, -0.05) is 64.5 Å². The zero-order valence-electron chi connectivity index (χ0n) is 16.8. The minimum absolute atomic E-state index is 0.314. The Morgan fingerprint density at radius 3 is 2.35 bits per heavy atom. The first kappa shape index (κ1) is 20.8. The fraction of sp³-hybridized carbons (Fsp3) is 0.0800. The van der Waals surface area contributed by atoms with Gasteiger partial charge in [-0.2, -0.15) is 0 Å². The minimum atomic E-state index is -0.563. The monoisotopic (exact) mass is 474 g/mol. The summed E-state index contributed by atoms with van der Waals surface area (Å²) in [6.07, 6.45) is 0. The summed E-state index contributed by atoms with van der Waals surface area (Å²) < 4.78 is 6.34. The van der Waals surface area contributed by atoms with Gasteiger partial charge in [0.25, 0.3) is 5.91 Å². The van der Waals surface area contributed by atoms with Gasteiger partial charge in [0.1, 0.15) is 0 Å². The van der Waals surface area contributed by atoms with Crippen LogP contribution in [-0.4, -0.2) is 30.5 Å². The van der Waals surface area contributed by atoms with Crippen LogP contribution in [0.3, 0.4) is 0 Å². The number of anilines is 1. The first-order chi connectivity index (χ1) is 15.0. The van der Waals surface area contributed by atoms with Gasteiger partial charge in [-0.15, -0.1) is 0 Å². The Bertz CT molecular complexity index is 1240. The number of halogens is 1. The Balaban J connectivity index is 1.59. The van der Waals surface area contributed by atoms with Crippen LogP contribution in [-0.2, 0) is 9.53 Å². The van der Waals surface area contributed by atoms with E-state index in [2.05, 4.69) is 20.9 Å². The highest BCUT2D eigenvalue weighted by Gasteiger charge is 2.18. The Labute approximate surface area is 188 Å². The standard InChI is InChI=1S/C25H19BrN2O3/c1-28(19-7-3-2-4-8-19)24(29)16-31-25(30)21-15-23(17-11-13-18(26)14-12-17)27-22-10-6-5-9-20(21)22/h2-15H,16H2,1H3. The maximum atomic E-state index is 12.9. The number of para-hydroxylation sites is 2. The van der Waals surface area contributed by atoms with E-state index >= 15 is 0 Å². The second kappa shape index (κ2) is 9.10. The fourth-order valence-electron chi connectivity index (χ4n) is 3.21. The number of nitrogens with zero attached hydrogens (tertiary/aromatic N) is 2. The molecule has 4 aromatic rings. The largest absolute Gasteiger partial charge is 0.452 e. The predicted octanol–water partition coefficient (Wildman–Crippen LogP) is 5.48. The topological polar surface area (TPSA) is 59.5 Å². The van der Waals surface area contributed by atoms with Crippen LogP contribution in [0.25, 0.3) is 22.2 Å². The molecule has 0 saturated carbocycles. The van der Waals surface area contributed by atoms with Gasteiger partial charge in [0.05, 0.1) is 16.8 Å². The lowest BCUT2D eigenvalue weighted by Gasteiger charge is -2.17. The molecule has 5 nitrogen and oxygen atoms in total. The van der Waals surface area contributed by atoms with E-state index in [1.807, 2.05) is 78.9 Å². The number of benzene rings is 3. The van der Waals surface area contributed by atoms with Gasteiger partial charge in [0.15, 0.2) is 6.61 Å². The summed E-state index contributed by atoms with van der Waals surface area (Å²) in [6, 6.07) is 26.0. The number of hydrogen-bond acceptors (Lipinski definition) is 4. The van der Waals surface area contributed by atoms with Gasteiger partial charge in [0, 0.05) is 28.2 Å². The number of rotatable bonds is 5. The number of fused-ring (bicyclic) bond motifs is 1. The van der Waals surface area contributed by atoms with Crippen molar-refractivity contribution in [1.82, 2.24) is 4.98 Å². The molecule has 1 amide bonds. The summed E-state index contributed by atoms with van der Waals surface area (Å²) >= 11 is 3.43. The highest BCUT2D eigenvalue weighted by Crippen LogP contribution is 2.26. The van der Waals surface area contributed by atoms with Crippen LogP contribution in [0.4, 0.5) is 5.69 Å².